The summed E-state index contributed by atoms with van der Waals surface area (Å²) in [6.45, 7) is 7.61. The lowest BCUT2D eigenvalue weighted by Crippen LogP contribution is -2.49. The van der Waals surface area contributed by atoms with Crippen LogP contribution in [0.3, 0.4) is 0 Å². The average molecular weight is 381 g/mol. The number of carbonyl (C=O) groups is 2. The molecule has 0 bridgehead atoms. The van der Waals surface area contributed by atoms with Crippen LogP contribution in [0.1, 0.15) is 18.5 Å². The number of nitrogens with one attached hydrogen (secondary N) is 1. The third kappa shape index (κ3) is 5.64. The molecule has 27 heavy (non-hydrogen) atoms. The highest BCUT2D eigenvalue weighted by atomic mass is 16.6. The number of piperidine rings is 1. The van der Waals surface area contributed by atoms with Gasteiger partial charge in [-0.25, -0.2) is 4.63 Å². The van der Waals surface area contributed by atoms with Gasteiger partial charge >= 0.3 is 0 Å². The highest BCUT2D eigenvalue weighted by molar-refractivity contribution is 5.83. The van der Waals surface area contributed by atoms with Crippen molar-refractivity contribution in [1.29, 1.82) is 0 Å². The second-order valence-corrected chi connectivity index (χ2v) is 6.82. The molecule has 1 aromatic rings. The molecule has 2 aliphatic rings. The molecule has 2 aliphatic heterocycles. The van der Waals surface area contributed by atoms with Crippen molar-refractivity contribution < 1.29 is 23.7 Å². The van der Waals surface area contributed by atoms with Crippen LogP contribution in [0.15, 0.2) is 4.63 Å². The van der Waals surface area contributed by atoms with E-state index < -0.39 is 0 Å². The number of amides is 2. The van der Waals surface area contributed by atoms with E-state index in [0.717, 1.165) is 32.8 Å². The first-order valence-corrected chi connectivity index (χ1v) is 9.41. The fraction of sp³-hybridized carbons (Fsp3) is 0.765. The summed E-state index contributed by atoms with van der Waals surface area (Å²) >= 11 is 0. The topological polar surface area (TPSA) is 110 Å². The van der Waals surface area contributed by atoms with Crippen molar-refractivity contribution in [3.8, 4) is 5.88 Å². The standard InChI is InChI=1S/C17H27N5O5/c1-13-17(20-27-19-13)26-9-4-18-16(24)14-2-3-15(23)22(12-14)6-5-21-7-10-25-11-8-21/h14H,2-12H2,1H3,(H,18,24)/t14-/m1/s1. The van der Waals surface area contributed by atoms with E-state index in [1.807, 2.05) is 4.90 Å². The Kier molecular flexibility index (Phi) is 6.99. The van der Waals surface area contributed by atoms with E-state index >= 15 is 0 Å². The molecule has 3 heterocycles. The Balaban J connectivity index is 1.37. The average Bonchev–Trinajstić information content (AvgIpc) is 3.10. The van der Waals surface area contributed by atoms with Gasteiger partial charge in [0.05, 0.1) is 25.7 Å². The van der Waals surface area contributed by atoms with E-state index in [0.29, 0.717) is 44.0 Å². The number of hydrogen-bond donors (Lipinski definition) is 1. The SMILES string of the molecule is Cc1nonc1OCCNC(=O)[C@@H]1CCC(=O)N(CCN2CCOCC2)C1. The quantitative estimate of drug-likeness (QED) is 0.597. The smallest absolute Gasteiger partial charge is 0.278 e. The van der Waals surface area contributed by atoms with Gasteiger partial charge in [0, 0.05) is 39.1 Å². The number of nitrogens with zero attached hydrogens (tertiary/aromatic N) is 4. The molecule has 0 unspecified atom stereocenters. The molecule has 2 amide bonds. The fourth-order valence-corrected chi connectivity index (χ4v) is 3.25. The molecule has 0 saturated carbocycles. The van der Waals surface area contributed by atoms with Crippen molar-refractivity contribution >= 4 is 11.8 Å². The minimum atomic E-state index is -0.178. The minimum absolute atomic E-state index is 0.0440. The number of ether oxygens (including phenoxy) is 2. The van der Waals surface area contributed by atoms with Gasteiger partial charge in [-0.2, -0.15) is 0 Å². The predicted octanol–water partition coefficient (Wildman–Crippen LogP) is -0.556. The molecule has 0 radical (unpaired) electrons. The summed E-state index contributed by atoms with van der Waals surface area (Å²) in [7, 11) is 0. The predicted molar refractivity (Wildman–Crippen MR) is 94.1 cm³/mol. The molecule has 1 aromatic heterocycles. The molecular weight excluding hydrogens is 354 g/mol. The Morgan fingerprint density at radius 3 is 2.85 bits per heavy atom. The van der Waals surface area contributed by atoms with Gasteiger partial charge in [0.1, 0.15) is 12.3 Å². The molecule has 1 atom stereocenters. The van der Waals surface area contributed by atoms with Gasteiger partial charge < -0.3 is 19.7 Å². The Morgan fingerprint density at radius 2 is 2.11 bits per heavy atom. The van der Waals surface area contributed by atoms with Crippen LogP contribution in [-0.2, 0) is 14.3 Å². The van der Waals surface area contributed by atoms with Crippen molar-refractivity contribution in [3.05, 3.63) is 5.69 Å². The van der Waals surface area contributed by atoms with Gasteiger partial charge in [-0.15, -0.1) is 0 Å². The number of hydrogen-bond acceptors (Lipinski definition) is 8. The zero-order valence-corrected chi connectivity index (χ0v) is 15.7. The molecule has 0 spiro atoms. The number of morpholine rings is 1. The lowest BCUT2D eigenvalue weighted by molar-refractivity contribution is -0.138. The Hall–Kier alpha value is -2.20. The number of carbonyl (C=O) groups excluding carboxylic acids is 2. The van der Waals surface area contributed by atoms with Crippen LogP contribution < -0.4 is 10.1 Å². The summed E-state index contributed by atoms with van der Waals surface area (Å²) < 4.78 is 15.3. The first-order chi connectivity index (χ1) is 13.1. The van der Waals surface area contributed by atoms with Gasteiger partial charge in [0.15, 0.2) is 0 Å². The number of rotatable bonds is 8. The van der Waals surface area contributed by atoms with Crippen molar-refractivity contribution in [1.82, 2.24) is 25.4 Å². The van der Waals surface area contributed by atoms with Gasteiger partial charge in [0.2, 0.25) is 11.8 Å². The summed E-state index contributed by atoms with van der Waals surface area (Å²) in [4.78, 5) is 28.7. The van der Waals surface area contributed by atoms with Crippen molar-refractivity contribution in [2.45, 2.75) is 19.8 Å². The molecule has 0 aliphatic carbocycles. The van der Waals surface area contributed by atoms with Crippen molar-refractivity contribution in [3.63, 3.8) is 0 Å². The van der Waals surface area contributed by atoms with E-state index in [4.69, 9.17) is 9.47 Å². The molecule has 2 saturated heterocycles. The summed E-state index contributed by atoms with van der Waals surface area (Å²) in [6, 6.07) is 0. The number of aromatic nitrogens is 2. The fourth-order valence-electron chi connectivity index (χ4n) is 3.25. The van der Waals surface area contributed by atoms with Crippen LogP contribution in [0.4, 0.5) is 0 Å². The highest BCUT2D eigenvalue weighted by Gasteiger charge is 2.30. The summed E-state index contributed by atoms with van der Waals surface area (Å²) in [5.74, 6) is 0.242. The zero-order chi connectivity index (χ0) is 19.1. The van der Waals surface area contributed by atoms with Crippen LogP contribution in [0.5, 0.6) is 5.88 Å². The minimum Gasteiger partial charge on any atom is -0.472 e. The molecule has 0 aromatic carbocycles. The zero-order valence-electron chi connectivity index (χ0n) is 15.7. The first kappa shape index (κ1) is 19.6. The van der Waals surface area contributed by atoms with Crippen LogP contribution in [-0.4, -0.2) is 91.0 Å². The van der Waals surface area contributed by atoms with E-state index in [9.17, 15) is 9.59 Å². The summed E-state index contributed by atoms with van der Waals surface area (Å²) in [5, 5.41) is 10.1. The first-order valence-electron chi connectivity index (χ1n) is 9.41. The van der Waals surface area contributed by atoms with E-state index in [-0.39, 0.29) is 24.3 Å². The maximum atomic E-state index is 12.4. The van der Waals surface area contributed by atoms with Gasteiger partial charge in [0.25, 0.3) is 5.88 Å². The second kappa shape index (κ2) is 9.65. The lowest BCUT2D eigenvalue weighted by Gasteiger charge is -2.34. The van der Waals surface area contributed by atoms with Crippen LogP contribution in [0.2, 0.25) is 0 Å². The Morgan fingerprint density at radius 1 is 1.30 bits per heavy atom. The van der Waals surface area contributed by atoms with Crippen LogP contribution in [0, 0.1) is 12.8 Å². The molecule has 150 valence electrons. The number of aryl methyl sites for hydroxylation is 1. The second-order valence-electron chi connectivity index (χ2n) is 6.82. The monoisotopic (exact) mass is 381 g/mol. The Labute approximate surface area is 158 Å². The van der Waals surface area contributed by atoms with Gasteiger partial charge in [-0.05, 0) is 18.5 Å². The highest BCUT2D eigenvalue weighted by Crippen LogP contribution is 2.18. The maximum Gasteiger partial charge on any atom is 0.278 e. The van der Waals surface area contributed by atoms with Crippen molar-refractivity contribution in [2.24, 2.45) is 5.92 Å². The third-order valence-electron chi connectivity index (χ3n) is 4.91. The van der Waals surface area contributed by atoms with E-state index in [2.05, 4.69) is 25.2 Å². The molecule has 1 N–H and O–H groups in total. The molecule has 10 nitrogen and oxygen atoms in total. The summed E-state index contributed by atoms with van der Waals surface area (Å²) in [5.41, 5.74) is 0.572. The van der Waals surface area contributed by atoms with Gasteiger partial charge in [-0.3, -0.25) is 14.5 Å². The maximum absolute atomic E-state index is 12.4. The molecule has 2 fully saturated rings. The molecule has 10 heteroatoms. The van der Waals surface area contributed by atoms with E-state index in [1.165, 1.54) is 0 Å². The lowest BCUT2D eigenvalue weighted by atomic mass is 9.96. The normalized spacial score (nSPS) is 21.3. The third-order valence-corrected chi connectivity index (χ3v) is 4.91. The van der Waals surface area contributed by atoms with E-state index in [1.54, 1.807) is 6.92 Å². The van der Waals surface area contributed by atoms with Crippen molar-refractivity contribution in [2.75, 3.05) is 59.1 Å². The van der Waals surface area contributed by atoms with Crippen LogP contribution in [0.25, 0.3) is 0 Å². The molecular formula is C17H27N5O5. The summed E-state index contributed by atoms with van der Waals surface area (Å²) in [6.07, 6.45) is 1.01. The Bertz CT molecular complexity index is 631. The number of likely N-dealkylation sites (tertiary alicyclic amines) is 1. The van der Waals surface area contributed by atoms with Gasteiger partial charge in [-0.1, -0.05) is 5.16 Å². The molecule has 3 rings (SSSR count). The largest absolute Gasteiger partial charge is 0.472 e. The van der Waals surface area contributed by atoms with Crippen LogP contribution >= 0.6 is 0 Å².